The first-order valence-corrected chi connectivity index (χ1v) is 12.1. The van der Waals surface area contributed by atoms with Crippen LogP contribution in [-0.4, -0.2) is 61.8 Å². The van der Waals surface area contributed by atoms with Crippen LogP contribution in [0.3, 0.4) is 0 Å². The molecule has 7 nitrogen and oxygen atoms in total. The molecule has 3 heterocycles. The van der Waals surface area contributed by atoms with Crippen molar-refractivity contribution in [3.63, 3.8) is 0 Å². The molecule has 2 fully saturated rings. The lowest BCUT2D eigenvalue weighted by molar-refractivity contribution is -0.134. The van der Waals surface area contributed by atoms with Gasteiger partial charge in [-0.2, -0.15) is 4.31 Å². The number of para-hydroxylation sites is 1. The monoisotopic (exact) mass is 493 g/mol. The highest BCUT2D eigenvalue weighted by atomic mass is 35.5. The molecule has 0 radical (unpaired) electrons. The number of carbonyl (C=O) groups excluding carboxylic acids is 1. The number of hydrogen-bond acceptors (Lipinski definition) is 5. The Labute approximate surface area is 187 Å². The third-order valence-electron chi connectivity index (χ3n) is 5.18. The first-order chi connectivity index (χ1) is 14.2. The zero-order chi connectivity index (χ0) is 21.5. The molecule has 2 unspecified atom stereocenters. The van der Waals surface area contributed by atoms with Gasteiger partial charge in [0.05, 0.1) is 17.5 Å². The van der Waals surface area contributed by atoms with Crippen molar-refractivity contribution in [2.24, 2.45) is 0 Å². The second kappa shape index (κ2) is 8.25. The molecule has 2 atom stereocenters. The number of carbonyl (C=O) groups is 1. The molecule has 2 aliphatic rings. The highest BCUT2D eigenvalue weighted by Crippen LogP contribution is 2.43. The van der Waals surface area contributed by atoms with E-state index in [-0.39, 0.29) is 46.2 Å². The van der Waals surface area contributed by atoms with E-state index >= 15 is 4.39 Å². The number of anilines is 1. The molecule has 2 saturated heterocycles. The number of halogens is 3. The van der Waals surface area contributed by atoms with E-state index in [1.165, 1.54) is 11.0 Å². The summed E-state index contributed by atoms with van der Waals surface area (Å²) in [7, 11) is -4.13. The normalized spacial score (nSPS) is 25.0. The summed E-state index contributed by atoms with van der Waals surface area (Å²) in [6, 6.07) is 9.61. The predicted octanol–water partition coefficient (Wildman–Crippen LogP) is 4.05. The van der Waals surface area contributed by atoms with E-state index in [0.29, 0.717) is 5.69 Å². The number of likely N-dealkylation sites (tertiary alicyclic amines) is 1. The van der Waals surface area contributed by atoms with Gasteiger partial charge in [-0.15, -0.1) is 11.3 Å². The van der Waals surface area contributed by atoms with Crippen molar-refractivity contribution in [2.75, 3.05) is 31.6 Å². The molecule has 1 aromatic carbocycles. The zero-order valence-corrected chi connectivity index (χ0v) is 18.7. The largest absolute Gasteiger partial charge is 0.355 e. The Balaban J connectivity index is 1.53. The molecule has 1 spiro atoms. The second-order valence-electron chi connectivity index (χ2n) is 6.92. The Morgan fingerprint density at radius 1 is 1.27 bits per heavy atom. The number of ether oxygens (including phenoxy) is 1. The van der Waals surface area contributed by atoms with E-state index in [0.717, 1.165) is 15.6 Å². The van der Waals surface area contributed by atoms with E-state index in [2.05, 4.69) is 5.32 Å². The van der Waals surface area contributed by atoms with Crippen LogP contribution in [0.2, 0.25) is 8.67 Å². The number of benzene rings is 1. The van der Waals surface area contributed by atoms with Crippen LogP contribution in [0.4, 0.5) is 14.9 Å². The number of nitrogens with one attached hydrogen (secondary N) is 1. The summed E-state index contributed by atoms with van der Waals surface area (Å²) >= 11 is 12.9. The Morgan fingerprint density at radius 2 is 2.00 bits per heavy atom. The Bertz CT molecular complexity index is 1050. The van der Waals surface area contributed by atoms with Gasteiger partial charge in [0.2, 0.25) is 10.0 Å². The molecule has 0 aliphatic carbocycles. The van der Waals surface area contributed by atoms with Crippen molar-refractivity contribution in [3.8, 4) is 0 Å². The Morgan fingerprint density at radius 3 is 2.63 bits per heavy atom. The molecule has 1 N–H and O–H groups in total. The van der Waals surface area contributed by atoms with Gasteiger partial charge in [-0.05, 0) is 18.2 Å². The number of piperidine rings is 1. The number of urea groups is 1. The van der Waals surface area contributed by atoms with Crippen molar-refractivity contribution in [2.45, 2.75) is 23.2 Å². The number of sulfonamides is 1. The lowest BCUT2D eigenvalue weighted by Gasteiger charge is -2.44. The fourth-order valence-electron chi connectivity index (χ4n) is 3.74. The van der Waals surface area contributed by atoms with Crippen LogP contribution >= 0.6 is 34.5 Å². The first kappa shape index (κ1) is 21.8. The molecule has 162 valence electrons. The van der Waals surface area contributed by atoms with E-state index in [1.807, 2.05) is 6.07 Å². The Kier molecular flexibility index (Phi) is 5.99. The van der Waals surface area contributed by atoms with Gasteiger partial charge in [-0.1, -0.05) is 41.4 Å². The fraction of sp³-hybridized carbons (Fsp3) is 0.389. The van der Waals surface area contributed by atoms with Crippen LogP contribution < -0.4 is 5.32 Å². The number of rotatable bonds is 3. The highest BCUT2D eigenvalue weighted by molar-refractivity contribution is 7.89. The molecule has 2 aromatic rings. The van der Waals surface area contributed by atoms with Gasteiger partial charge in [0.15, 0.2) is 11.9 Å². The van der Waals surface area contributed by atoms with Gasteiger partial charge in [0.25, 0.3) is 0 Å². The maximum absolute atomic E-state index is 15.4. The molecular weight excluding hydrogens is 476 g/mol. The van der Waals surface area contributed by atoms with E-state index in [9.17, 15) is 13.2 Å². The van der Waals surface area contributed by atoms with E-state index in [1.54, 1.807) is 24.3 Å². The molecule has 1 aromatic heterocycles. The first-order valence-electron chi connectivity index (χ1n) is 9.11. The van der Waals surface area contributed by atoms with Crippen molar-refractivity contribution in [1.82, 2.24) is 9.21 Å². The minimum Gasteiger partial charge on any atom is -0.355 e. The van der Waals surface area contributed by atoms with E-state index < -0.39 is 28.0 Å². The molecule has 0 saturated carbocycles. The number of nitrogens with zero attached hydrogens (tertiary/aromatic N) is 2. The highest BCUT2D eigenvalue weighted by Gasteiger charge is 2.57. The van der Waals surface area contributed by atoms with Crippen LogP contribution in [0.5, 0.6) is 0 Å². The summed E-state index contributed by atoms with van der Waals surface area (Å²) in [4.78, 5) is 13.7. The number of hydrogen-bond donors (Lipinski definition) is 1. The second-order valence-corrected chi connectivity index (χ2v) is 11.0. The molecular formula is C18H18Cl2FN3O4S2. The maximum atomic E-state index is 15.4. The summed E-state index contributed by atoms with van der Waals surface area (Å²) in [5, 5.41) is 2.71. The standard InChI is InChI=1S/C18H18Cl2FN3O4S2/c19-15-10-13(16(20)29-15)30(26,27)24-8-9-28-18(24)6-7-23(11-14(18)21)17(25)22-12-4-2-1-3-5-12/h1-5,10,14H,6-9,11H2,(H,22,25). The summed E-state index contributed by atoms with van der Waals surface area (Å²) in [5.41, 5.74) is -1.09. The van der Waals surface area contributed by atoms with Crippen molar-refractivity contribution in [1.29, 1.82) is 0 Å². The number of alkyl halides is 1. The molecule has 2 aliphatic heterocycles. The molecule has 4 rings (SSSR count). The average Bonchev–Trinajstić information content (AvgIpc) is 3.29. The molecule has 30 heavy (non-hydrogen) atoms. The fourth-order valence-corrected chi connectivity index (χ4v) is 7.57. The number of thiophene rings is 1. The number of amides is 2. The quantitative estimate of drug-likeness (QED) is 0.699. The zero-order valence-electron chi connectivity index (χ0n) is 15.6. The molecule has 2 amide bonds. The minimum atomic E-state index is -4.13. The van der Waals surface area contributed by atoms with Crippen LogP contribution in [0.15, 0.2) is 41.3 Å². The SMILES string of the molecule is O=C(Nc1ccccc1)N1CCC2(OCCN2S(=O)(=O)c2cc(Cl)sc2Cl)C(F)C1. The molecule has 12 heteroatoms. The molecule has 0 bridgehead atoms. The van der Waals surface area contributed by atoms with Crippen molar-refractivity contribution >= 4 is 56.3 Å². The van der Waals surface area contributed by atoms with Gasteiger partial charge < -0.3 is 15.0 Å². The van der Waals surface area contributed by atoms with Gasteiger partial charge in [0.1, 0.15) is 9.23 Å². The third-order valence-corrected chi connectivity index (χ3v) is 8.86. The summed E-state index contributed by atoms with van der Waals surface area (Å²) in [6.45, 7) is -0.139. The Hall–Kier alpha value is -1.43. The van der Waals surface area contributed by atoms with Crippen molar-refractivity contribution < 1.29 is 22.3 Å². The van der Waals surface area contributed by atoms with Crippen LogP contribution in [0.25, 0.3) is 0 Å². The van der Waals surface area contributed by atoms with Gasteiger partial charge in [-0.3, -0.25) is 0 Å². The van der Waals surface area contributed by atoms with Crippen LogP contribution in [-0.2, 0) is 14.8 Å². The lowest BCUT2D eigenvalue weighted by Crippen LogP contribution is -2.63. The maximum Gasteiger partial charge on any atom is 0.321 e. The van der Waals surface area contributed by atoms with Crippen LogP contribution in [0.1, 0.15) is 6.42 Å². The van der Waals surface area contributed by atoms with Crippen molar-refractivity contribution in [3.05, 3.63) is 45.1 Å². The third kappa shape index (κ3) is 3.80. The van der Waals surface area contributed by atoms with Gasteiger partial charge in [0, 0.05) is 25.2 Å². The van der Waals surface area contributed by atoms with Gasteiger partial charge >= 0.3 is 6.03 Å². The smallest absolute Gasteiger partial charge is 0.321 e. The average molecular weight is 494 g/mol. The summed E-state index contributed by atoms with van der Waals surface area (Å²) < 4.78 is 48.7. The van der Waals surface area contributed by atoms with Crippen LogP contribution in [0, 0.1) is 0 Å². The van der Waals surface area contributed by atoms with E-state index in [4.69, 9.17) is 27.9 Å². The predicted molar refractivity (Wildman–Crippen MR) is 113 cm³/mol. The summed E-state index contributed by atoms with van der Waals surface area (Å²) in [5.74, 6) is 0. The minimum absolute atomic E-state index is 0.00883. The topological polar surface area (TPSA) is 79.0 Å². The summed E-state index contributed by atoms with van der Waals surface area (Å²) in [6.07, 6.45) is -1.75. The lowest BCUT2D eigenvalue weighted by atomic mass is 9.99. The van der Waals surface area contributed by atoms with Gasteiger partial charge in [-0.25, -0.2) is 17.6 Å².